The quantitative estimate of drug-likeness (QED) is 0.507. The van der Waals surface area contributed by atoms with Crippen molar-refractivity contribution in [3.8, 4) is 17.2 Å². The summed E-state index contributed by atoms with van der Waals surface area (Å²) in [6.45, 7) is -0.0311. The molecule has 0 bridgehead atoms. The Hall–Kier alpha value is -3.53. The molecule has 0 atom stereocenters. The molecular weight excluding hydrogens is 397 g/mol. The summed E-state index contributed by atoms with van der Waals surface area (Å²) in [6, 6.07) is 9.60. The lowest BCUT2D eigenvalue weighted by Gasteiger charge is -2.12. The van der Waals surface area contributed by atoms with Crippen molar-refractivity contribution in [1.29, 1.82) is 0 Å². The number of methoxy groups -OCH3 is 2. The highest BCUT2D eigenvalue weighted by Gasteiger charge is 2.17. The van der Waals surface area contributed by atoms with E-state index in [0.29, 0.717) is 28.1 Å². The first-order valence-corrected chi connectivity index (χ1v) is 8.98. The van der Waals surface area contributed by atoms with E-state index in [2.05, 4.69) is 15.3 Å². The number of H-pyrrole nitrogens is 1. The number of ether oxygens (including phenoxy) is 2. The van der Waals surface area contributed by atoms with Crippen molar-refractivity contribution >= 4 is 23.0 Å². The maximum absolute atomic E-state index is 14.3. The number of aromatic amines is 1. The molecule has 0 unspecified atom stereocenters. The molecule has 10 heteroatoms. The number of hydrogen-bond donors (Lipinski definition) is 1. The van der Waals surface area contributed by atoms with Crippen LogP contribution in [0.4, 0.5) is 4.39 Å². The van der Waals surface area contributed by atoms with Gasteiger partial charge in [0.25, 0.3) is 5.56 Å². The molecule has 0 saturated heterocycles. The van der Waals surface area contributed by atoms with Gasteiger partial charge in [-0.3, -0.25) is 14.5 Å². The van der Waals surface area contributed by atoms with Gasteiger partial charge in [0.15, 0.2) is 22.1 Å². The van der Waals surface area contributed by atoms with Crippen molar-refractivity contribution in [3.63, 3.8) is 0 Å². The van der Waals surface area contributed by atoms with Crippen LogP contribution in [0, 0.1) is 10.6 Å². The van der Waals surface area contributed by atoms with E-state index >= 15 is 0 Å². The Labute approximate surface area is 169 Å². The molecule has 2 heterocycles. The van der Waals surface area contributed by atoms with Gasteiger partial charge in [0.05, 0.1) is 31.5 Å². The molecule has 29 heavy (non-hydrogen) atoms. The number of nitrogens with zero attached hydrogens (tertiary/aromatic N) is 4. The molecule has 148 valence electrons. The number of aromatic nitrogens is 5. The third-order valence-corrected chi connectivity index (χ3v) is 4.76. The first kappa shape index (κ1) is 18.8. The lowest BCUT2D eigenvalue weighted by Crippen LogP contribution is -2.25. The largest absolute Gasteiger partial charge is 0.493 e. The summed E-state index contributed by atoms with van der Waals surface area (Å²) in [6.07, 6.45) is 1.55. The van der Waals surface area contributed by atoms with Crippen LogP contribution in [-0.4, -0.2) is 38.8 Å². The highest BCUT2D eigenvalue weighted by Crippen LogP contribution is 2.32. The van der Waals surface area contributed by atoms with Crippen molar-refractivity contribution in [3.05, 3.63) is 69.4 Å². The third-order valence-electron chi connectivity index (χ3n) is 4.49. The van der Waals surface area contributed by atoms with Crippen molar-refractivity contribution in [2.45, 2.75) is 6.54 Å². The van der Waals surface area contributed by atoms with Crippen molar-refractivity contribution in [2.75, 3.05) is 14.2 Å². The van der Waals surface area contributed by atoms with E-state index in [1.165, 1.54) is 29.5 Å². The number of para-hydroxylation sites is 1. The molecule has 2 aromatic heterocycles. The van der Waals surface area contributed by atoms with Gasteiger partial charge in [-0.2, -0.15) is 10.2 Å². The molecule has 0 aliphatic rings. The van der Waals surface area contributed by atoms with Gasteiger partial charge < -0.3 is 9.47 Å². The number of fused-ring (bicyclic) bond motifs is 1. The van der Waals surface area contributed by atoms with Crippen molar-refractivity contribution < 1.29 is 13.9 Å². The third kappa shape index (κ3) is 3.17. The first-order valence-electron chi connectivity index (χ1n) is 8.57. The number of benzene rings is 2. The van der Waals surface area contributed by atoms with Gasteiger partial charge in [0, 0.05) is 5.39 Å². The van der Waals surface area contributed by atoms with Crippen LogP contribution in [0.15, 0.2) is 47.4 Å². The zero-order valence-electron chi connectivity index (χ0n) is 15.5. The number of halogens is 1. The van der Waals surface area contributed by atoms with Crippen LogP contribution in [-0.2, 0) is 6.54 Å². The van der Waals surface area contributed by atoms with Crippen LogP contribution in [0.3, 0.4) is 0 Å². The van der Waals surface area contributed by atoms with E-state index in [4.69, 9.17) is 21.7 Å². The number of nitrogens with one attached hydrogen (secondary N) is 1. The van der Waals surface area contributed by atoms with E-state index in [9.17, 15) is 9.18 Å². The predicted molar refractivity (Wildman–Crippen MR) is 107 cm³/mol. The van der Waals surface area contributed by atoms with Crippen LogP contribution in [0.5, 0.6) is 11.5 Å². The van der Waals surface area contributed by atoms with Crippen molar-refractivity contribution in [2.24, 2.45) is 0 Å². The average molecular weight is 413 g/mol. The Morgan fingerprint density at radius 3 is 2.69 bits per heavy atom. The maximum atomic E-state index is 14.3. The zero-order chi connectivity index (χ0) is 20.5. The average Bonchev–Trinajstić information content (AvgIpc) is 3.09. The van der Waals surface area contributed by atoms with Gasteiger partial charge in [-0.1, -0.05) is 12.1 Å². The monoisotopic (exact) mass is 413 g/mol. The van der Waals surface area contributed by atoms with Crippen LogP contribution in [0.1, 0.15) is 5.82 Å². The zero-order valence-corrected chi connectivity index (χ0v) is 16.4. The summed E-state index contributed by atoms with van der Waals surface area (Å²) in [5, 5.41) is 11.9. The standard InChI is InChI=1S/C19H16FN5O3S/c1-27-14-8-7-11-9-21-24(18(26)16(11)17(14)28-2)10-15-22-23-19(29)25(15)13-6-4-3-5-12(13)20/h3-9H,10H2,1-2H3,(H,23,29). The Kier molecular flexibility index (Phi) is 4.85. The molecule has 0 saturated carbocycles. The Bertz CT molecular complexity index is 1330. The second-order valence-corrected chi connectivity index (χ2v) is 6.49. The lowest BCUT2D eigenvalue weighted by molar-refractivity contribution is 0.358. The fraction of sp³-hybridized carbons (Fsp3) is 0.158. The van der Waals surface area contributed by atoms with Crippen LogP contribution >= 0.6 is 12.2 Å². The minimum atomic E-state index is -0.462. The van der Waals surface area contributed by atoms with Crippen molar-refractivity contribution in [1.82, 2.24) is 24.5 Å². The molecule has 0 fully saturated rings. The summed E-state index contributed by atoms with van der Waals surface area (Å²) in [5.74, 6) is 0.621. The van der Waals surface area contributed by atoms with Gasteiger partial charge in [-0.15, -0.1) is 0 Å². The van der Waals surface area contributed by atoms with Crippen LogP contribution < -0.4 is 15.0 Å². The Morgan fingerprint density at radius 2 is 1.97 bits per heavy atom. The lowest BCUT2D eigenvalue weighted by atomic mass is 10.1. The molecular formula is C19H16FN5O3S. The normalized spacial score (nSPS) is 11.0. The Morgan fingerprint density at radius 1 is 1.17 bits per heavy atom. The Balaban J connectivity index is 1.87. The SMILES string of the molecule is COc1ccc2cnn(Cc3n[nH]c(=S)n3-c3ccccc3F)c(=O)c2c1OC. The highest BCUT2D eigenvalue weighted by molar-refractivity contribution is 7.71. The van der Waals surface area contributed by atoms with Gasteiger partial charge in [0.1, 0.15) is 12.4 Å². The summed E-state index contributed by atoms with van der Waals surface area (Å²) in [7, 11) is 2.96. The van der Waals surface area contributed by atoms with E-state index in [1.807, 2.05) is 0 Å². The van der Waals surface area contributed by atoms with E-state index in [-0.39, 0.29) is 17.0 Å². The van der Waals surface area contributed by atoms with Gasteiger partial charge >= 0.3 is 0 Å². The second-order valence-electron chi connectivity index (χ2n) is 6.10. The van der Waals surface area contributed by atoms with E-state index in [1.54, 1.807) is 36.5 Å². The van der Waals surface area contributed by atoms with E-state index in [0.717, 1.165) is 0 Å². The summed E-state index contributed by atoms with van der Waals surface area (Å²) in [5.41, 5.74) is -0.165. The van der Waals surface area contributed by atoms with Crippen LogP contribution in [0.25, 0.3) is 16.5 Å². The minimum absolute atomic E-state index is 0.0311. The highest BCUT2D eigenvalue weighted by atomic mass is 32.1. The number of rotatable bonds is 5. The molecule has 0 radical (unpaired) electrons. The molecule has 1 N–H and O–H groups in total. The summed E-state index contributed by atoms with van der Waals surface area (Å²) in [4.78, 5) is 13.1. The fourth-order valence-electron chi connectivity index (χ4n) is 3.15. The fourth-order valence-corrected chi connectivity index (χ4v) is 3.40. The maximum Gasteiger partial charge on any atom is 0.278 e. The molecule has 0 amide bonds. The molecule has 4 rings (SSSR count). The first-order chi connectivity index (χ1) is 14.0. The van der Waals surface area contributed by atoms with Crippen LogP contribution in [0.2, 0.25) is 0 Å². The molecule has 8 nitrogen and oxygen atoms in total. The molecule has 2 aromatic carbocycles. The molecule has 0 spiro atoms. The second kappa shape index (κ2) is 7.47. The summed E-state index contributed by atoms with van der Waals surface area (Å²) < 4.78 is 27.8. The van der Waals surface area contributed by atoms with Gasteiger partial charge in [0.2, 0.25) is 0 Å². The molecule has 0 aliphatic carbocycles. The number of hydrogen-bond acceptors (Lipinski definition) is 6. The molecule has 4 aromatic rings. The molecule has 0 aliphatic heterocycles. The summed E-state index contributed by atoms with van der Waals surface area (Å²) >= 11 is 5.25. The predicted octanol–water partition coefficient (Wildman–Crippen LogP) is 2.84. The smallest absolute Gasteiger partial charge is 0.278 e. The van der Waals surface area contributed by atoms with E-state index < -0.39 is 11.4 Å². The topological polar surface area (TPSA) is 87.0 Å². The van der Waals surface area contributed by atoms with Gasteiger partial charge in [-0.25, -0.2) is 9.07 Å². The minimum Gasteiger partial charge on any atom is -0.493 e. The van der Waals surface area contributed by atoms with Gasteiger partial charge in [-0.05, 0) is 36.5 Å².